The van der Waals surface area contributed by atoms with Gasteiger partial charge in [-0.15, -0.1) is 0 Å². The van der Waals surface area contributed by atoms with Crippen LogP contribution in [0.1, 0.15) is 27.6 Å². The molecule has 2 amide bonds. The van der Waals surface area contributed by atoms with Crippen LogP contribution in [0.5, 0.6) is 0 Å². The Morgan fingerprint density at radius 2 is 1.80 bits per heavy atom. The predicted octanol–water partition coefficient (Wildman–Crippen LogP) is 0.576. The molecule has 0 aromatic heterocycles. The van der Waals surface area contributed by atoms with Crippen molar-refractivity contribution in [3.8, 4) is 0 Å². The molecule has 0 aliphatic carbocycles. The Bertz CT molecular complexity index is 509. The molecule has 1 N–H and O–H groups in total. The van der Waals surface area contributed by atoms with E-state index in [-0.39, 0.29) is 11.8 Å². The molecule has 20 heavy (non-hydrogen) atoms. The number of amides is 2. The normalized spacial score (nSPS) is 23.2. The molecule has 5 nitrogen and oxygen atoms in total. The Kier molecular flexibility index (Phi) is 3.54. The second-order valence-electron chi connectivity index (χ2n) is 5.46. The predicted molar refractivity (Wildman–Crippen MR) is 75.7 cm³/mol. The van der Waals surface area contributed by atoms with E-state index in [2.05, 4.69) is 17.1 Å². The molecular weight excluding hydrogens is 254 g/mol. The molecule has 0 unspecified atom stereocenters. The van der Waals surface area contributed by atoms with Crippen LogP contribution in [0, 0.1) is 0 Å². The summed E-state index contributed by atoms with van der Waals surface area (Å²) in [6, 6.07) is 7.51. The SMILES string of the molecule is C[C@@H]1CN(CCN2C(=O)c3ccccc3C2=O)CCN1. The highest BCUT2D eigenvalue weighted by molar-refractivity contribution is 6.21. The minimum Gasteiger partial charge on any atom is -0.312 e. The Morgan fingerprint density at radius 3 is 2.40 bits per heavy atom. The van der Waals surface area contributed by atoms with E-state index in [1.165, 1.54) is 4.90 Å². The first kappa shape index (κ1) is 13.3. The molecule has 2 aliphatic rings. The number of nitrogens with zero attached hydrogens (tertiary/aromatic N) is 2. The lowest BCUT2D eigenvalue weighted by atomic mass is 10.1. The maximum Gasteiger partial charge on any atom is 0.261 e. The molecule has 1 atom stereocenters. The molecule has 3 rings (SSSR count). The molecule has 0 saturated carbocycles. The third-order valence-electron chi connectivity index (χ3n) is 3.97. The molecule has 2 heterocycles. The van der Waals surface area contributed by atoms with Gasteiger partial charge in [-0.3, -0.25) is 19.4 Å². The van der Waals surface area contributed by atoms with Crippen LogP contribution < -0.4 is 5.32 Å². The van der Waals surface area contributed by atoms with Crippen LogP contribution in [-0.4, -0.2) is 60.4 Å². The summed E-state index contributed by atoms with van der Waals surface area (Å²) < 4.78 is 0. The second kappa shape index (κ2) is 5.34. The third-order valence-corrected chi connectivity index (χ3v) is 3.97. The van der Waals surface area contributed by atoms with Crippen LogP contribution in [0.4, 0.5) is 0 Å². The van der Waals surface area contributed by atoms with Crippen LogP contribution in [0.25, 0.3) is 0 Å². The Hall–Kier alpha value is -1.72. The number of piperazine rings is 1. The van der Waals surface area contributed by atoms with Gasteiger partial charge in [-0.2, -0.15) is 0 Å². The summed E-state index contributed by atoms with van der Waals surface area (Å²) in [5.74, 6) is -0.317. The summed E-state index contributed by atoms with van der Waals surface area (Å²) in [7, 11) is 0. The van der Waals surface area contributed by atoms with Gasteiger partial charge >= 0.3 is 0 Å². The summed E-state index contributed by atoms with van der Waals surface area (Å²) in [4.78, 5) is 28.1. The van der Waals surface area contributed by atoms with Gasteiger partial charge in [0, 0.05) is 38.8 Å². The smallest absolute Gasteiger partial charge is 0.261 e. The molecule has 106 valence electrons. The summed E-state index contributed by atoms with van der Waals surface area (Å²) in [6.45, 7) is 6.25. The molecule has 1 fully saturated rings. The lowest BCUT2D eigenvalue weighted by Gasteiger charge is -2.32. The van der Waals surface area contributed by atoms with Crippen LogP contribution in [0.15, 0.2) is 24.3 Å². The van der Waals surface area contributed by atoms with Crippen molar-refractivity contribution in [3.05, 3.63) is 35.4 Å². The van der Waals surface area contributed by atoms with Crippen LogP contribution in [-0.2, 0) is 0 Å². The second-order valence-corrected chi connectivity index (χ2v) is 5.46. The highest BCUT2D eigenvalue weighted by Crippen LogP contribution is 2.22. The van der Waals surface area contributed by atoms with Gasteiger partial charge in [-0.05, 0) is 19.1 Å². The van der Waals surface area contributed by atoms with Gasteiger partial charge in [0.15, 0.2) is 0 Å². The maximum absolute atomic E-state index is 12.2. The highest BCUT2D eigenvalue weighted by atomic mass is 16.2. The van der Waals surface area contributed by atoms with E-state index in [9.17, 15) is 9.59 Å². The van der Waals surface area contributed by atoms with E-state index >= 15 is 0 Å². The van der Waals surface area contributed by atoms with Crippen molar-refractivity contribution in [1.82, 2.24) is 15.1 Å². The molecule has 0 radical (unpaired) electrons. The van der Waals surface area contributed by atoms with E-state index in [1.54, 1.807) is 24.3 Å². The van der Waals surface area contributed by atoms with Crippen molar-refractivity contribution in [3.63, 3.8) is 0 Å². The van der Waals surface area contributed by atoms with E-state index < -0.39 is 0 Å². The number of imide groups is 1. The standard InChI is InChI=1S/C15H19N3O2/c1-11-10-17(7-6-16-11)8-9-18-14(19)12-4-2-3-5-13(12)15(18)20/h2-5,11,16H,6-10H2,1H3/t11-/m1/s1. The fourth-order valence-electron chi connectivity index (χ4n) is 2.90. The van der Waals surface area contributed by atoms with Crippen molar-refractivity contribution in [1.29, 1.82) is 0 Å². The minimum atomic E-state index is -0.159. The topological polar surface area (TPSA) is 52.7 Å². The number of benzene rings is 1. The number of nitrogens with one attached hydrogen (secondary N) is 1. The fraction of sp³-hybridized carbons (Fsp3) is 0.467. The van der Waals surface area contributed by atoms with E-state index in [0.717, 1.165) is 26.2 Å². The van der Waals surface area contributed by atoms with E-state index in [0.29, 0.717) is 23.7 Å². The van der Waals surface area contributed by atoms with Crippen molar-refractivity contribution < 1.29 is 9.59 Å². The highest BCUT2D eigenvalue weighted by Gasteiger charge is 2.35. The third kappa shape index (κ3) is 2.34. The molecule has 1 aromatic rings. The Balaban J connectivity index is 1.65. The summed E-state index contributed by atoms with van der Waals surface area (Å²) in [6.07, 6.45) is 0. The first-order valence-corrected chi connectivity index (χ1v) is 7.08. The molecule has 0 bridgehead atoms. The molecule has 5 heteroatoms. The van der Waals surface area contributed by atoms with E-state index in [1.807, 2.05) is 0 Å². The number of rotatable bonds is 3. The number of hydrogen-bond acceptors (Lipinski definition) is 4. The lowest BCUT2D eigenvalue weighted by molar-refractivity contribution is 0.0630. The Labute approximate surface area is 118 Å². The first-order valence-electron chi connectivity index (χ1n) is 7.08. The summed E-state index contributed by atoms with van der Waals surface area (Å²) in [5, 5.41) is 3.38. The van der Waals surface area contributed by atoms with Crippen molar-refractivity contribution in [2.24, 2.45) is 0 Å². The average Bonchev–Trinajstić information content (AvgIpc) is 2.70. The molecule has 2 aliphatic heterocycles. The zero-order valence-corrected chi connectivity index (χ0v) is 11.6. The average molecular weight is 273 g/mol. The van der Waals surface area contributed by atoms with E-state index in [4.69, 9.17) is 0 Å². The molecule has 1 saturated heterocycles. The van der Waals surface area contributed by atoms with Gasteiger partial charge in [-0.1, -0.05) is 12.1 Å². The van der Waals surface area contributed by atoms with Gasteiger partial charge in [0.05, 0.1) is 11.1 Å². The number of carbonyl (C=O) groups is 2. The molecule has 0 spiro atoms. The number of fused-ring (bicyclic) bond motifs is 1. The van der Waals surface area contributed by atoms with Gasteiger partial charge < -0.3 is 5.32 Å². The van der Waals surface area contributed by atoms with Crippen molar-refractivity contribution >= 4 is 11.8 Å². The van der Waals surface area contributed by atoms with Gasteiger partial charge in [0.25, 0.3) is 11.8 Å². The molecular formula is C15H19N3O2. The van der Waals surface area contributed by atoms with Crippen LogP contribution in [0.3, 0.4) is 0 Å². The zero-order valence-electron chi connectivity index (χ0n) is 11.6. The maximum atomic E-state index is 12.2. The van der Waals surface area contributed by atoms with Crippen molar-refractivity contribution in [2.45, 2.75) is 13.0 Å². The molecule has 1 aromatic carbocycles. The lowest BCUT2D eigenvalue weighted by Crippen LogP contribution is -2.51. The zero-order chi connectivity index (χ0) is 14.1. The van der Waals surface area contributed by atoms with Gasteiger partial charge in [0.1, 0.15) is 0 Å². The van der Waals surface area contributed by atoms with Gasteiger partial charge in [0.2, 0.25) is 0 Å². The Morgan fingerprint density at radius 1 is 1.15 bits per heavy atom. The quantitative estimate of drug-likeness (QED) is 0.818. The summed E-state index contributed by atoms with van der Waals surface area (Å²) in [5.41, 5.74) is 1.07. The van der Waals surface area contributed by atoms with Gasteiger partial charge in [-0.25, -0.2) is 0 Å². The minimum absolute atomic E-state index is 0.159. The summed E-state index contributed by atoms with van der Waals surface area (Å²) >= 11 is 0. The number of hydrogen-bond donors (Lipinski definition) is 1. The number of carbonyl (C=O) groups excluding carboxylic acids is 2. The fourth-order valence-corrected chi connectivity index (χ4v) is 2.90. The van der Waals surface area contributed by atoms with Crippen LogP contribution >= 0.6 is 0 Å². The van der Waals surface area contributed by atoms with Crippen molar-refractivity contribution in [2.75, 3.05) is 32.7 Å². The largest absolute Gasteiger partial charge is 0.312 e. The monoisotopic (exact) mass is 273 g/mol. The first-order chi connectivity index (χ1) is 9.66. The van der Waals surface area contributed by atoms with Crippen LogP contribution in [0.2, 0.25) is 0 Å².